The van der Waals surface area contributed by atoms with Crippen LogP contribution in [0.25, 0.3) is 0 Å². The molecule has 0 bridgehead atoms. The molecule has 0 spiro atoms. The fraction of sp³-hybridized carbons (Fsp3) is 0.480. The van der Waals surface area contributed by atoms with Gasteiger partial charge in [-0.3, -0.25) is 9.69 Å². The third kappa shape index (κ3) is 5.76. The third-order valence-corrected chi connectivity index (χ3v) is 7.12. The summed E-state index contributed by atoms with van der Waals surface area (Å²) in [6, 6.07) is 11.8. The molecule has 1 aliphatic carbocycles. The van der Waals surface area contributed by atoms with Crippen molar-refractivity contribution in [3.8, 4) is 5.75 Å². The first-order chi connectivity index (χ1) is 14.9. The minimum atomic E-state index is -1.01. The summed E-state index contributed by atoms with van der Waals surface area (Å²) in [6.07, 6.45) is 4.85. The number of hydrogen-bond acceptors (Lipinski definition) is 5. The smallest absolute Gasteiger partial charge is 0.237 e. The largest absolute Gasteiger partial charge is 0.491 e. The van der Waals surface area contributed by atoms with E-state index >= 15 is 0 Å². The molecule has 1 amide bonds. The lowest BCUT2D eigenvalue weighted by molar-refractivity contribution is -0.136. The van der Waals surface area contributed by atoms with Crippen LogP contribution in [0.2, 0.25) is 0 Å². The maximum Gasteiger partial charge on any atom is 0.237 e. The first kappa shape index (κ1) is 22.1. The number of nitrogens with zero attached hydrogens (tertiary/aromatic N) is 2. The fourth-order valence-corrected chi connectivity index (χ4v) is 5.14. The zero-order chi connectivity index (χ0) is 21.8. The van der Waals surface area contributed by atoms with E-state index in [0.29, 0.717) is 32.2 Å². The lowest BCUT2D eigenvalue weighted by Gasteiger charge is -2.38. The van der Waals surface area contributed by atoms with Gasteiger partial charge in [-0.05, 0) is 61.2 Å². The van der Waals surface area contributed by atoms with Crippen LogP contribution in [0.1, 0.15) is 36.2 Å². The van der Waals surface area contributed by atoms with Gasteiger partial charge in [0.15, 0.2) is 0 Å². The molecule has 1 N–H and O–H groups in total. The molecule has 1 saturated carbocycles. The lowest BCUT2D eigenvalue weighted by Crippen LogP contribution is -2.49. The number of ether oxygens (including phenoxy) is 1. The van der Waals surface area contributed by atoms with Crippen molar-refractivity contribution in [2.24, 2.45) is 5.92 Å². The van der Waals surface area contributed by atoms with E-state index in [1.165, 1.54) is 23.3 Å². The predicted octanol–water partition coefficient (Wildman–Crippen LogP) is 3.90. The summed E-state index contributed by atoms with van der Waals surface area (Å²) in [5.74, 6) is 1.55. The van der Waals surface area contributed by atoms with Crippen molar-refractivity contribution in [1.29, 1.82) is 0 Å². The van der Waals surface area contributed by atoms with Crippen molar-refractivity contribution >= 4 is 17.2 Å². The van der Waals surface area contributed by atoms with Crippen molar-refractivity contribution in [1.82, 2.24) is 9.80 Å². The van der Waals surface area contributed by atoms with E-state index in [0.717, 1.165) is 18.7 Å². The summed E-state index contributed by atoms with van der Waals surface area (Å²) < 4.78 is 6.07. The number of thiophene rings is 1. The van der Waals surface area contributed by atoms with Crippen LogP contribution in [0.4, 0.5) is 0 Å². The maximum atomic E-state index is 13.5. The highest BCUT2D eigenvalue weighted by Gasteiger charge is 2.35. The fourth-order valence-electron chi connectivity index (χ4n) is 4.22. The average Bonchev–Trinajstić information content (AvgIpc) is 3.44. The van der Waals surface area contributed by atoms with E-state index in [2.05, 4.69) is 22.9 Å². The molecule has 0 radical (unpaired) electrons. The second-order valence-corrected chi connectivity index (χ2v) is 9.95. The number of amides is 1. The molecule has 2 aromatic rings. The summed E-state index contributed by atoms with van der Waals surface area (Å²) in [5, 5.41) is 12.6. The van der Waals surface area contributed by atoms with Crippen LogP contribution in [-0.2, 0) is 11.2 Å². The van der Waals surface area contributed by atoms with Gasteiger partial charge in [0.1, 0.15) is 12.4 Å². The molecule has 1 aromatic carbocycles. The standard InChI is InChI=1S/C25H32N2O3S/c1-3-25(2,29)18-26(15-19-9-10-19)16-24(28)27-13-11-23-21(12-14-31-23)22(27)17-30-20-7-5-4-6-8-20/h3-8,12,14,19,22,29H,1,9-11,13,15-18H2,2H3/t22-,25+/m0/s1. The molecule has 2 aliphatic rings. The molecule has 2 heterocycles. The van der Waals surface area contributed by atoms with Gasteiger partial charge in [0.2, 0.25) is 5.91 Å². The number of para-hydroxylation sites is 1. The van der Waals surface area contributed by atoms with Crippen LogP contribution in [0, 0.1) is 5.92 Å². The molecule has 1 aliphatic heterocycles. The van der Waals surface area contributed by atoms with Crippen LogP contribution in [0.3, 0.4) is 0 Å². The zero-order valence-corrected chi connectivity index (χ0v) is 19.0. The Labute approximate surface area is 188 Å². The molecule has 4 rings (SSSR count). The molecular formula is C25H32N2O3S. The van der Waals surface area contributed by atoms with Gasteiger partial charge in [-0.15, -0.1) is 17.9 Å². The topological polar surface area (TPSA) is 53.0 Å². The van der Waals surface area contributed by atoms with E-state index in [4.69, 9.17) is 4.74 Å². The van der Waals surface area contributed by atoms with Crippen LogP contribution in [0.15, 0.2) is 54.4 Å². The molecule has 6 heteroatoms. The summed E-state index contributed by atoms with van der Waals surface area (Å²) in [6.45, 7) is 8.20. The van der Waals surface area contributed by atoms with Gasteiger partial charge in [0.25, 0.3) is 0 Å². The highest BCUT2D eigenvalue weighted by molar-refractivity contribution is 7.10. The Kier molecular flexibility index (Phi) is 6.80. The van der Waals surface area contributed by atoms with Gasteiger partial charge < -0.3 is 14.7 Å². The summed E-state index contributed by atoms with van der Waals surface area (Å²) in [5.41, 5.74) is 0.195. The average molecular weight is 441 g/mol. The Morgan fingerprint density at radius 2 is 2.13 bits per heavy atom. The number of aliphatic hydroxyl groups is 1. The van der Waals surface area contributed by atoms with E-state index in [-0.39, 0.29) is 11.9 Å². The van der Waals surface area contributed by atoms with E-state index in [9.17, 15) is 9.90 Å². The third-order valence-electron chi connectivity index (χ3n) is 6.12. The molecule has 1 aromatic heterocycles. The summed E-state index contributed by atoms with van der Waals surface area (Å²) in [4.78, 5) is 18.9. The molecule has 166 valence electrons. The van der Waals surface area contributed by atoms with Gasteiger partial charge in [-0.25, -0.2) is 0 Å². The Morgan fingerprint density at radius 3 is 2.84 bits per heavy atom. The first-order valence-corrected chi connectivity index (χ1v) is 11.9. The number of carbonyl (C=O) groups is 1. The number of benzene rings is 1. The number of rotatable bonds is 10. The van der Waals surface area contributed by atoms with E-state index < -0.39 is 5.60 Å². The maximum absolute atomic E-state index is 13.5. The first-order valence-electron chi connectivity index (χ1n) is 11.1. The molecule has 2 atom stereocenters. The van der Waals surface area contributed by atoms with Gasteiger partial charge in [-0.1, -0.05) is 24.3 Å². The highest BCUT2D eigenvalue weighted by Crippen LogP contribution is 2.34. The summed E-state index contributed by atoms with van der Waals surface area (Å²) in [7, 11) is 0. The molecule has 5 nitrogen and oxygen atoms in total. The zero-order valence-electron chi connectivity index (χ0n) is 18.2. The van der Waals surface area contributed by atoms with Gasteiger partial charge in [-0.2, -0.15) is 0 Å². The second-order valence-electron chi connectivity index (χ2n) is 8.95. The van der Waals surface area contributed by atoms with Crippen molar-refractivity contribution in [3.05, 3.63) is 64.9 Å². The van der Waals surface area contributed by atoms with E-state index in [1.807, 2.05) is 35.2 Å². The van der Waals surface area contributed by atoms with Crippen molar-refractivity contribution < 1.29 is 14.6 Å². The van der Waals surface area contributed by atoms with Gasteiger partial charge >= 0.3 is 0 Å². The van der Waals surface area contributed by atoms with Crippen molar-refractivity contribution in [2.45, 2.75) is 37.8 Å². The van der Waals surface area contributed by atoms with Crippen LogP contribution < -0.4 is 4.74 Å². The van der Waals surface area contributed by atoms with Crippen molar-refractivity contribution in [3.63, 3.8) is 0 Å². The van der Waals surface area contributed by atoms with Crippen molar-refractivity contribution in [2.75, 3.05) is 32.8 Å². The van der Waals surface area contributed by atoms with Crippen LogP contribution in [-0.4, -0.2) is 59.2 Å². The molecular weight excluding hydrogens is 408 g/mol. The molecule has 0 unspecified atom stereocenters. The molecule has 0 saturated heterocycles. The lowest BCUT2D eigenvalue weighted by atomic mass is 10.00. The van der Waals surface area contributed by atoms with Gasteiger partial charge in [0, 0.05) is 24.5 Å². The minimum absolute atomic E-state index is 0.0922. The van der Waals surface area contributed by atoms with Crippen LogP contribution >= 0.6 is 11.3 Å². The van der Waals surface area contributed by atoms with Gasteiger partial charge in [0.05, 0.1) is 18.2 Å². The summed E-state index contributed by atoms with van der Waals surface area (Å²) >= 11 is 1.76. The normalized spacial score (nSPS) is 20.2. The predicted molar refractivity (Wildman–Crippen MR) is 124 cm³/mol. The van der Waals surface area contributed by atoms with E-state index in [1.54, 1.807) is 24.3 Å². The number of carbonyl (C=O) groups excluding carboxylic acids is 1. The minimum Gasteiger partial charge on any atom is -0.491 e. The molecule has 31 heavy (non-hydrogen) atoms. The monoisotopic (exact) mass is 440 g/mol. The van der Waals surface area contributed by atoms with Crippen LogP contribution in [0.5, 0.6) is 5.75 Å². The Bertz CT molecular complexity index is 891. The SMILES string of the molecule is C=C[C@@](C)(O)CN(CC(=O)N1CCc2sccc2[C@@H]1COc1ccccc1)CC1CC1. The number of hydrogen-bond donors (Lipinski definition) is 1. The second kappa shape index (κ2) is 9.55. The molecule has 1 fully saturated rings. The quantitative estimate of drug-likeness (QED) is 0.570. The Hall–Kier alpha value is -2.15. The Morgan fingerprint density at radius 1 is 1.35 bits per heavy atom. The Balaban J connectivity index is 1.48. The number of fused-ring (bicyclic) bond motifs is 1. The highest BCUT2D eigenvalue weighted by atomic mass is 32.1.